The van der Waals surface area contributed by atoms with Crippen LogP contribution in [-0.4, -0.2) is 35.0 Å². The van der Waals surface area contributed by atoms with Crippen molar-refractivity contribution in [1.82, 2.24) is 4.98 Å². The number of anilines is 1. The minimum absolute atomic E-state index is 0.130. The molecule has 1 aromatic rings. The van der Waals surface area contributed by atoms with Crippen molar-refractivity contribution in [2.75, 3.05) is 18.0 Å². The summed E-state index contributed by atoms with van der Waals surface area (Å²) in [6, 6.07) is 1.79. The van der Waals surface area contributed by atoms with Crippen LogP contribution < -0.4 is 4.90 Å². The van der Waals surface area contributed by atoms with Crippen LogP contribution in [0.25, 0.3) is 0 Å². The summed E-state index contributed by atoms with van der Waals surface area (Å²) in [5, 5.41) is 9.60. The molecule has 0 unspecified atom stereocenters. The maximum Gasteiger partial charge on any atom is 0.418 e. The SMILES string of the molecule is Cc1cnc(N2CC[C@](O)(C(F)(F)F)C2)c(Br)c1. The van der Waals surface area contributed by atoms with E-state index in [1.54, 1.807) is 12.3 Å². The van der Waals surface area contributed by atoms with Crippen LogP contribution in [0, 0.1) is 6.92 Å². The topological polar surface area (TPSA) is 36.4 Å². The van der Waals surface area contributed by atoms with Crippen LogP contribution >= 0.6 is 15.9 Å². The molecular weight excluding hydrogens is 313 g/mol. The first-order valence-corrected chi connectivity index (χ1v) is 6.18. The zero-order valence-electron chi connectivity index (χ0n) is 9.63. The van der Waals surface area contributed by atoms with Crippen molar-refractivity contribution in [3.05, 3.63) is 22.3 Å². The normalized spacial score (nSPS) is 24.7. The van der Waals surface area contributed by atoms with E-state index in [-0.39, 0.29) is 13.0 Å². The number of rotatable bonds is 1. The van der Waals surface area contributed by atoms with Crippen LogP contribution in [-0.2, 0) is 0 Å². The van der Waals surface area contributed by atoms with Crippen LogP contribution in [0.1, 0.15) is 12.0 Å². The van der Waals surface area contributed by atoms with Gasteiger partial charge in [0.05, 0.1) is 11.0 Å². The number of hydrogen-bond donors (Lipinski definition) is 1. The highest BCUT2D eigenvalue weighted by molar-refractivity contribution is 9.10. The van der Waals surface area contributed by atoms with Crippen molar-refractivity contribution in [3.63, 3.8) is 0 Å². The van der Waals surface area contributed by atoms with Gasteiger partial charge in [-0.25, -0.2) is 4.98 Å². The molecule has 3 nitrogen and oxygen atoms in total. The summed E-state index contributed by atoms with van der Waals surface area (Å²) in [7, 11) is 0. The van der Waals surface area contributed by atoms with Gasteiger partial charge in [-0.1, -0.05) is 0 Å². The van der Waals surface area contributed by atoms with Gasteiger partial charge in [-0.2, -0.15) is 13.2 Å². The van der Waals surface area contributed by atoms with Gasteiger partial charge >= 0.3 is 6.18 Å². The average Bonchev–Trinajstić information content (AvgIpc) is 2.61. The Morgan fingerprint density at radius 1 is 1.50 bits per heavy atom. The lowest BCUT2D eigenvalue weighted by Gasteiger charge is -2.26. The van der Waals surface area contributed by atoms with Crippen LogP contribution in [0.3, 0.4) is 0 Å². The van der Waals surface area contributed by atoms with E-state index in [0.717, 1.165) is 5.56 Å². The number of β-amino-alcohol motifs (C(OH)–C–C–N with tert-alkyl or cyclic N) is 1. The maximum absolute atomic E-state index is 12.7. The second-order valence-corrected chi connectivity index (χ2v) is 5.37. The monoisotopic (exact) mass is 324 g/mol. The summed E-state index contributed by atoms with van der Waals surface area (Å²) in [5.74, 6) is 0.431. The summed E-state index contributed by atoms with van der Waals surface area (Å²) >= 11 is 3.28. The molecule has 1 aromatic heterocycles. The number of nitrogens with zero attached hydrogens (tertiary/aromatic N) is 2. The van der Waals surface area contributed by atoms with Gasteiger partial charge in [-0.15, -0.1) is 0 Å². The summed E-state index contributed by atoms with van der Waals surface area (Å²) in [5.41, 5.74) is -1.73. The molecule has 2 heterocycles. The van der Waals surface area contributed by atoms with Gasteiger partial charge in [0.1, 0.15) is 5.82 Å². The van der Waals surface area contributed by atoms with Crippen molar-refractivity contribution in [1.29, 1.82) is 0 Å². The van der Waals surface area contributed by atoms with Crippen molar-refractivity contribution in [3.8, 4) is 0 Å². The molecule has 0 aromatic carbocycles. The highest BCUT2D eigenvalue weighted by Gasteiger charge is 2.57. The quantitative estimate of drug-likeness (QED) is 0.862. The highest BCUT2D eigenvalue weighted by Crippen LogP contribution is 2.40. The van der Waals surface area contributed by atoms with Gasteiger partial charge in [0, 0.05) is 19.2 Å². The molecule has 1 N–H and O–H groups in total. The van der Waals surface area contributed by atoms with Gasteiger partial charge in [0.15, 0.2) is 5.60 Å². The second kappa shape index (κ2) is 4.38. The van der Waals surface area contributed by atoms with Gasteiger partial charge in [0.2, 0.25) is 0 Å². The second-order valence-electron chi connectivity index (χ2n) is 4.52. The molecule has 1 saturated heterocycles. The standard InChI is InChI=1S/C11H12BrF3N2O/c1-7-4-8(12)9(16-5-7)17-3-2-10(18,6-17)11(13,14)15/h4-5,18H,2-3,6H2,1H3/t10-/m1/s1. The van der Waals surface area contributed by atoms with Gasteiger partial charge in [0.25, 0.3) is 0 Å². The first-order valence-electron chi connectivity index (χ1n) is 5.39. The molecule has 7 heteroatoms. The lowest BCUT2D eigenvalue weighted by Crippen LogP contribution is -2.47. The molecule has 1 aliphatic heterocycles. The van der Waals surface area contributed by atoms with E-state index in [1.807, 2.05) is 6.92 Å². The minimum atomic E-state index is -4.61. The largest absolute Gasteiger partial charge is 0.418 e. The predicted molar refractivity (Wildman–Crippen MR) is 64.5 cm³/mol. The summed E-state index contributed by atoms with van der Waals surface area (Å²) in [6.45, 7) is 1.49. The van der Waals surface area contributed by atoms with E-state index in [9.17, 15) is 18.3 Å². The number of hydrogen-bond acceptors (Lipinski definition) is 3. The van der Waals surface area contributed by atoms with Crippen molar-refractivity contribution < 1.29 is 18.3 Å². The van der Waals surface area contributed by atoms with E-state index in [0.29, 0.717) is 10.3 Å². The molecule has 1 atom stereocenters. The van der Waals surface area contributed by atoms with Gasteiger partial charge in [-0.05, 0) is 34.5 Å². The van der Waals surface area contributed by atoms with Crippen LogP contribution in [0.5, 0.6) is 0 Å². The number of alkyl halides is 3. The third-order valence-electron chi connectivity index (χ3n) is 3.03. The molecule has 0 spiro atoms. The van der Waals surface area contributed by atoms with E-state index >= 15 is 0 Å². The lowest BCUT2D eigenvalue weighted by atomic mass is 10.0. The zero-order valence-corrected chi connectivity index (χ0v) is 11.2. The first-order chi connectivity index (χ1) is 8.23. The molecule has 100 valence electrons. The number of pyridine rings is 1. The number of aryl methyl sites for hydroxylation is 1. The molecule has 0 radical (unpaired) electrons. The van der Waals surface area contributed by atoms with Crippen LogP contribution in [0.4, 0.5) is 19.0 Å². The number of aromatic nitrogens is 1. The summed E-state index contributed by atoms with van der Waals surface area (Å²) < 4.78 is 38.7. The fourth-order valence-electron chi connectivity index (χ4n) is 1.96. The smallest absolute Gasteiger partial charge is 0.379 e. The van der Waals surface area contributed by atoms with E-state index in [4.69, 9.17) is 0 Å². The van der Waals surface area contributed by atoms with E-state index < -0.39 is 18.3 Å². The Hall–Kier alpha value is -0.820. The number of aliphatic hydroxyl groups is 1. The Bertz CT molecular complexity index is 466. The molecular formula is C11H12BrF3N2O. The van der Waals surface area contributed by atoms with Crippen molar-refractivity contribution in [2.24, 2.45) is 0 Å². The Morgan fingerprint density at radius 3 is 2.67 bits per heavy atom. The molecule has 1 fully saturated rings. The molecule has 2 rings (SSSR count). The Morgan fingerprint density at radius 2 is 2.17 bits per heavy atom. The van der Waals surface area contributed by atoms with Crippen molar-refractivity contribution in [2.45, 2.75) is 25.1 Å². The minimum Gasteiger partial charge on any atom is -0.379 e. The van der Waals surface area contributed by atoms with E-state index in [2.05, 4.69) is 20.9 Å². The maximum atomic E-state index is 12.7. The molecule has 0 aliphatic carbocycles. The van der Waals surface area contributed by atoms with E-state index in [1.165, 1.54) is 4.90 Å². The average molecular weight is 325 g/mol. The third-order valence-corrected chi connectivity index (χ3v) is 3.62. The summed E-state index contributed by atoms with van der Waals surface area (Å²) in [6.07, 6.45) is -3.36. The Kier molecular flexibility index (Phi) is 3.31. The molecule has 18 heavy (non-hydrogen) atoms. The van der Waals surface area contributed by atoms with Crippen LogP contribution in [0.15, 0.2) is 16.7 Å². The van der Waals surface area contributed by atoms with Crippen LogP contribution in [0.2, 0.25) is 0 Å². The summed E-state index contributed by atoms with van der Waals surface area (Å²) in [4.78, 5) is 5.55. The van der Waals surface area contributed by atoms with Crippen molar-refractivity contribution >= 4 is 21.7 Å². The Balaban J connectivity index is 2.23. The highest BCUT2D eigenvalue weighted by atomic mass is 79.9. The Labute approximate surface area is 111 Å². The van der Waals surface area contributed by atoms with Gasteiger partial charge < -0.3 is 10.0 Å². The lowest BCUT2D eigenvalue weighted by molar-refractivity contribution is -0.250. The molecule has 0 amide bonds. The fraction of sp³-hybridized carbons (Fsp3) is 0.545. The zero-order chi connectivity index (χ0) is 13.6. The number of halogens is 4. The van der Waals surface area contributed by atoms with Gasteiger partial charge in [-0.3, -0.25) is 0 Å². The predicted octanol–water partition coefficient (Wildman–Crippen LogP) is 2.66. The molecule has 0 saturated carbocycles. The molecule has 1 aliphatic rings. The fourth-order valence-corrected chi connectivity index (χ4v) is 2.68. The third kappa shape index (κ3) is 2.33. The molecule has 0 bridgehead atoms. The first kappa shape index (κ1) is 13.6.